The van der Waals surface area contributed by atoms with Gasteiger partial charge >= 0.3 is 11.9 Å². The van der Waals surface area contributed by atoms with Crippen molar-refractivity contribution in [1.82, 2.24) is 0 Å². The summed E-state index contributed by atoms with van der Waals surface area (Å²) in [6.45, 7) is 4.24. The van der Waals surface area contributed by atoms with E-state index in [1.54, 1.807) is 6.08 Å². The van der Waals surface area contributed by atoms with Crippen LogP contribution in [0.3, 0.4) is 0 Å². The Bertz CT molecular complexity index is 894. The van der Waals surface area contributed by atoms with Gasteiger partial charge < -0.3 is 19.7 Å². The summed E-state index contributed by atoms with van der Waals surface area (Å²) in [6.07, 6.45) is 5.35. The first-order chi connectivity index (χ1) is 14.5. The van der Waals surface area contributed by atoms with Crippen LogP contribution in [0.1, 0.15) is 65.2 Å². The minimum absolute atomic E-state index is 0.0325. The average Bonchev–Trinajstić information content (AvgIpc) is 3.38. The molecular weight excluding hydrogens is 400 g/mol. The lowest BCUT2D eigenvalue weighted by Crippen LogP contribution is -2.63. The number of carboxylic acids is 1. The summed E-state index contributed by atoms with van der Waals surface area (Å²) in [5, 5.41) is 20.9. The number of esters is 1. The average molecular weight is 433 g/mol. The number of ether oxygens (including phenoxy) is 2. The molecule has 0 aromatic heterocycles. The van der Waals surface area contributed by atoms with Crippen molar-refractivity contribution in [2.75, 3.05) is 7.11 Å². The summed E-state index contributed by atoms with van der Waals surface area (Å²) in [5.74, 6) is -1.60. The summed E-state index contributed by atoms with van der Waals surface area (Å²) in [6, 6.07) is 0. The van der Waals surface area contributed by atoms with E-state index in [2.05, 4.69) is 13.8 Å². The Balaban J connectivity index is 1.59. The zero-order valence-corrected chi connectivity index (χ0v) is 18.5. The van der Waals surface area contributed by atoms with Gasteiger partial charge in [-0.1, -0.05) is 19.4 Å². The van der Waals surface area contributed by atoms with Crippen LogP contribution in [-0.4, -0.2) is 52.4 Å². The lowest BCUT2D eigenvalue weighted by Gasteiger charge is -2.58. The van der Waals surface area contributed by atoms with Gasteiger partial charge in [-0.15, -0.1) is 0 Å². The molecule has 1 unspecified atom stereocenters. The van der Waals surface area contributed by atoms with Gasteiger partial charge in [-0.05, 0) is 50.5 Å². The van der Waals surface area contributed by atoms with Crippen LogP contribution in [0.15, 0.2) is 11.6 Å². The highest BCUT2D eigenvalue weighted by Crippen LogP contribution is 2.77. The number of aliphatic carboxylic acids is 1. The zero-order chi connectivity index (χ0) is 22.4. The van der Waals surface area contributed by atoms with Crippen molar-refractivity contribution in [2.45, 2.75) is 82.5 Å². The van der Waals surface area contributed by atoms with E-state index in [-0.39, 0.29) is 47.9 Å². The van der Waals surface area contributed by atoms with Crippen LogP contribution in [0.25, 0.3) is 0 Å². The van der Waals surface area contributed by atoms with Crippen LogP contribution in [-0.2, 0) is 23.9 Å². The molecule has 0 aromatic carbocycles. The molecule has 1 aliphatic heterocycles. The van der Waals surface area contributed by atoms with E-state index < -0.39 is 28.5 Å². The Kier molecular flexibility index (Phi) is 4.37. The highest BCUT2D eigenvalue weighted by atomic mass is 16.6. The normalized spacial score (nSPS) is 49.8. The molecule has 1 spiro atoms. The maximum Gasteiger partial charge on any atom is 0.309 e. The van der Waals surface area contributed by atoms with E-state index in [1.165, 1.54) is 7.11 Å². The van der Waals surface area contributed by atoms with Crippen molar-refractivity contribution < 1.29 is 34.1 Å². The molecule has 4 aliphatic carbocycles. The van der Waals surface area contributed by atoms with Crippen LogP contribution in [0.2, 0.25) is 0 Å². The number of aliphatic hydroxyl groups is 1. The van der Waals surface area contributed by atoms with Gasteiger partial charge in [0.2, 0.25) is 0 Å². The first-order valence-corrected chi connectivity index (χ1v) is 11.5. The van der Waals surface area contributed by atoms with E-state index in [9.17, 15) is 24.6 Å². The van der Waals surface area contributed by atoms with Crippen molar-refractivity contribution in [3.63, 3.8) is 0 Å². The molecule has 0 aromatic rings. The summed E-state index contributed by atoms with van der Waals surface area (Å²) >= 11 is 0. The number of methoxy groups -OCH3 is 1. The Morgan fingerprint density at radius 1 is 1.29 bits per heavy atom. The monoisotopic (exact) mass is 432 g/mol. The Hall–Kier alpha value is -1.73. The zero-order valence-electron chi connectivity index (χ0n) is 18.5. The van der Waals surface area contributed by atoms with E-state index >= 15 is 0 Å². The predicted octanol–water partition coefficient (Wildman–Crippen LogP) is 2.64. The predicted molar refractivity (Wildman–Crippen MR) is 109 cm³/mol. The first kappa shape index (κ1) is 21.1. The molecule has 1 saturated heterocycles. The molecule has 170 valence electrons. The number of carbonyl (C=O) groups excluding carboxylic acids is 2. The van der Waals surface area contributed by atoms with Gasteiger partial charge in [0.15, 0.2) is 5.78 Å². The van der Waals surface area contributed by atoms with Gasteiger partial charge in [0.1, 0.15) is 5.60 Å². The maximum atomic E-state index is 13.0. The standard InChI is InChI=1S/C24H32O7/c1-21-7-4-14(25)10-13(21)11-15(20(28)30-3)19-16-5-8-23(29,9-6-18(26)27)22(16,2)12-17-24(19,21)31-17/h10,15-17,19,29H,4-9,11-12H2,1-3H3,(H,26,27)/t15-,16+,17?,19+,21+,22+,23+,24-/m1/s1. The molecular formula is C24H32O7. The van der Waals surface area contributed by atoms with Gasteiger partial charge in [-0.2, -0.15) is 0 Å². The van der Waals surface area contributed by atoms with Crippen LogP contribution >= 0.6 is 0 Å². The fourth-order valence-electron chi connectivity index (χ4n) is 8.22. The number of ketones is 1. The largest absolute Gasteiger partial charge is 0.481 e. The van der Waals surface area contributed by atoms with Crippen LogP contribution in [0.4, 0.5) is 0 Å². The number of hydrogen-bond acceptors (Lipinski definition) is 6. The molecule has 4 fully saturated rings. The summed E-state index contributed by atoms with van der Waals surface area (Å²) in [5.41, 5.74) is -1.43. The molecule has 5 rings (SSSR count). The number of hydrogen-bond donors (Lipinski definition) is 2. The second kappa shape index (κ2) is 6.41. The van der Waals surface area contributed by atoms with Crippen molar-refractivity contribution in [1.29, 1.82) is 0 Å². The Morgan fingerprint density at radius 3 is 2.71 bits per heavy atom. The second-order valence-corrected chi connectivity index (χ2v) is 10.9. The molecule has 2 N–H and O–H groups in total. The van der Waals surface area contributed by atoms with Crippen LogP contribution < -0.4 is 0 Å². The van der Waals surface area contributed by atoms with Gasteiger partial charge in [-0.25, -0.2) is 0 Å². The third-order valence-electron chi connectivity index (χ3n) is 9.95. The third-order valence-corrected chi connectivity index (χ3v) is 9.95. The molecule has 0 radical (unpaired) electrons. The SMILES string of the molecule is COC(=O)[C@@H]1CC2=CC(=O)CC[C@]2(C)[C@@]23OC2C[C@@]2(C)[C@@H](CC[C@]2(O)CCC(=O)O)[C@H]13. The fourth-order valence-corrected chi connectivity index (χ4v) is 8.22. The number of carbonyl (C=O) groups is 3. The van der Waals surface area contributed by atoms with Gasteiger partial charge in [0.05, 0.1) is 24.7 Å². The summed E-state index contributed by atoms with van der Waals surface area (Å²) < 4.78 is 11.7. The first-order valence-electron chi connectivity index (χ1n) is 11.5. The minimum Gasteiger partial charge on any atom is -0.481 e. The van der Waals surface area contributed by atoms with E-state index in [1.807, 2.05) is 0 Å². The number of epoxide rings is 1. The molecule has 0 bridgehead atoms. The van der Waals surface area contributed by atoms with Crippen LogP contribution in [0.5, 0.6) is 0 Å². The molecule has 1 heterocycles. The summed E-state index contributed by atoms with van der Waals surface area (Å²) in [4.78, 5) is 36.4. The number of rotatable bonds is 4. The molecule has 0 amide bonds. The van der Waals surface area contributed by atoms with Gasteiger partial charge in [0.25, 0.3) is 0 Å². The Morgan fingerprint density at radius 2 is 2.03 bits per heavy atom. The fraction of sp³-hybridized carbons (Fsp3) is 0.792. The molecule has 8 atom stereocenters. The number of fused-ring (bicyclic) bond motifs is 3. The molecule has 7 heteroatoms. The topological polar surface area (TPSA) is 113 Å². The highest BCUT2D eigenvalue weighted by molar-refractivity contribution is 5.92. The van der Waals surface area contributed by atoms with Crippen LogP contribution in [0, 0.1) is 28.6 Å². The van der Waals surface area contributed by atoms with E-state index in [4.69, 9.17) is 9.47 Å². The smallest absolute Gasteiger partial charge is 0.309 e. The van der Waals surface area contributed by atoms with Gasteiger partial charge in [0, 0.05) is 29.6 Å². The lowest BCUT2D eigenvalue weighted by molar-refractivity contribution is -0.163. The molecule has 3 saturated carbocycles. The highest BCUT2D eigenvalue weighted by Gasteiger charge is 2.82. The van der Waals surface area contributed by atoms with Crippen molar-refractivity contribution in [3.05, 3.63) is 11.6 Å². The summed E-state index contributed by atoms with van der Waals surface area (Å²) in [7, 11) is 1.40. The lowest BCUT2D eigenvalue weighted by atomic mass is 9.43. The second-order valence-electron chi connectivity index (χ2n) is 10.9. The third kappa shape index (κ3) is 2.50. The van der Waals surface area contributed by atoms with E-state index in [0.717, 1.165) is 12.0 Å². The quantitative estimate of drug-likeness (QED) is 0.519. The molecule has 31 heavy (non-hydrogen) atoms. The number of carboxylic acid groups (broad SMARTS) is 1. The van der Waals surface area contributed by atoms with Crippen molar-refractivity contribution in [3.8, 4) is 0 Å². The molecule has 5 aliphatic rings. The maximum absolute atomic E-state index is 13.0. The van der Waals surface area contributed by atoms with Crippen molar-refractivity contribution >= 4 is 17.7 Å². The van der Waals surface area contributed by atoms with Crippen molar-refractivity contribution in [2.24, 2.45) is 28.6 Å². The van der Waals surface area contributed by atoms with E-state index in [0.29, 0.717) is 32.1 Å². The minimum atomic E-state index is -1.09. The molecule has 7 nitrogen and oxygen atoms in total. The Labute approximate surface area is 182 Å². The van der Waals surface area contributed by atoms with Gasteiger partial charge in [-0.3, -0.25) is 14.4 Å².